The Kier molecular flexibility index (Phi) is 4.25. The zero-order valence-electron chi connectivity index (χ0n) is 7.54. The van der Waals surface area contributed by atoms with Crippen LogP contribution in [-0.2, 0) is 6.42 Å². The van der Waals surface area contributed by atoms with Crippen molar-refractivity contribution >= 4 is 11.8 Å². The summed E-state index contributed by atoms with van der Waals surface area (Å²) in [6.45, 7) is 0. The van der Waals surface area contributed by atoms with Gasteiger partial charge in [0.25, 0.3) is 0 Å². The van der Waals surface area contributed by atoms with Gasteiger partial charge in [0, 0.05) is 11.8 Å². The summed E-state index contributed by atoms with van der Waals surface area (Å²) in [5.41, 5.74) is 1.27. The lowest BCUT2D eigenvalue weighted by Gasteiger charge is -2.12. The highest BCUT2D eigenvalue weighted by atomic mass is 32.2. The van der Waals surface area contributed by atoms with Crippen molar-refractivity contribution in [1.82, 2.24) is 5.32 Å². The molecule has 0 bridgehead atoms. The lowest BCUT2D eigenvalue weighted by atomic mass is 10.1. The normalized spacial score (nSPS) is 13.2. The molecule has 0 fully saturated rings. The number of nitrogens with one attached hydrogen (secondary N) is 1. The van der Waals surface area contributed by atoms with Crippen molar-refractivity contribution < 1.29 is 4.42 Å². The van der Waals surface area contributed by atoms with E-state index in [1.165, 1.54) is 5.56 Å². The van der Waals surface area contributed by atoms with E-state index in [0.29, 0.717) is 6.04 Å². The number of rotatable bonds is 5. The summed E-state index contributed by atoms with van der Waals surface area (Å²) in [5.74, 6) is 1.14. The van der Waals surface area contributed by atoms with Crippen LogP contribution in [0.15, 0.2) is 23.0 Å². The maximum Gasteiger partial charge on any atom is 0.0935 e. The van der Waals surface area contributed by atoms with E-state index >= 15 is 0 Å². The van der Waals surface area contributed by atoms with E-state index in [-0.39, 0.29) is 0 Å². The average Bonchev–Trinajstić information content (AvgIpc) is 2.56. The van der Waals surface area contributed by atoms with Gasteiger partial charge in [-0.3, -0.25) is 0 Å². The predicted octanol–water partition coefficient (Wildman–Crippen LogP) is 1.77. The van der Waals surface area contributed by atoms with E-state index in [0.717, 1.165) is 12.2 Å². The van der Waals surface area contributed by atoms with Gasteiger partial charge in [-0.2, -0.15) is 11.8 Å². The van der Waals surface area contributed by atoms with Gasteiger partial charge in [0.1, 0.15) is 0 Å². The number of thioether (sulfide) groups is 1. The zero-order valence-corrected chi connectivity index (χ0v) is 8.36. The van der Waals surface area contributed by atoms with Crippen molar-refractivity contribution in [2.45, 2.75) is 12.5 Å². The molecule has 0 aliphatic rings. The number of hydrogen-bond acceptors (Lipinski definition) is 3. The van der Waals surface area contributed by atoms with Gasteiger partial charge in [0.15, 0.2) is 0 Å². The molecule has 0 saturated heterocycles. The van der Waals surface area contributed by atoms with Gasteiger partial charge in [0.2, 0.25) is 0 Å². The minimum absolute atomic E-state index is 0.553. The highest BCUT2D eigenvalue weighted by Crippen LogP contribution is 2.07. The van der Waals surface area contributed by atoms with Gasteiger partial charge in [-0.15, -0.1) is 0 Å². The molecule has 1 aromatic rings. The minimum Gasteiger partial charge on any atom is -0.472 e. The summed E-state index contributed by atoms with van der Waals surface area (Å²) in [7, 11) is 2.00. The Labute approximate surface area is 77.7 Å². The largest absolute Gasteiger partial charge is 0.472 e. The van der Waals surface area contributed by atoms with Crippen LogP contribution in [0.4, 0.5) is 0 Å². The van der Waals surface area contributed by atoms with Gasteiger partial charge in [0.05, 0.1) is 12.5 Å². The first-order chi connectivity index (χ1) is 5.86. The first-order valence-electron chi connectivity index (χ1n) is 4.04. The smallest absolute Gasteiger partial charge is 0.0935 e. The second kappa shape index (κ2) is 5.27. The van der Waals surface area contributed by atoms with E-state index < -0.39 is 0 Å². The van der Waals surface area contributed by atoms with Crippen LogP contribution in [0.25, 0.3) is 0 Å². The molecule has 1 aromatic heterocycles. The van der Waals surface area contributed by atoms with Crippen LogP contribution in [0.1, 0.15) is 5.56 Å². The van der Waals surface area contributed by atoms with E-state index in [1.807, 2.05) is 31.1 Å². The summed E-state index contributed by atoms with van der Waals surface area (Å²) >= 11 is 1.86. The highest BCUT2D eigenvalue weighted by Gasteiger charge is 2.06. The third kappa shape index (κ3) is 2.91. The maximum atomic E-state index is 5.00. The fourth-order valence-electron chi connectivity index (χ4n) is 1.14. The standard InChI is InChI=1S/C9H15NOS/c1-10-9(7-12-2)5-8-3-4-11-6-8/h3-4,6,9-10H,5,7H2,1-2H3. The third-order valence-corrected chi connectivity index (χ3v) is 2.57. The van der Waals surface area contributed by atoms with Crippen molar-refractivity contribution in [2.24, 2.45) is 0 Å². The molecule has 1 unspecified atom stereocenters. The topological polar surface area (TPSA) is 25.2 Å². The van der Waals surface area contributed by atoms with Gasteiger partial charge < -0.3 is 9.73 Å². The first kappa shape index (κ1) is 9.68. The summed E-state index contributed by atoms with van der Waals surface area (Å²) in [4.78, 5) is 0. The summed E-state index contributed by atoms with van der Waals surface area (Å²) in [6, 6.07) is 2.57. The second-order valence-electron chi connectivity index (χ2n) is 2.78. The Morgan fingerprint density at radius 1 is 1.67 bits per heavy atom. The Morgan fingerprint density at radius 3 is 3.00 bits per heavy atom. The number of furan rings is 1. The molecule has 0 aliphatic heterocycles. The Balaban J connectivity index is 2.37. The monoisotopic (exact) mass is 185 g/mol. The third-order valence-electron chi connectivity index (χ3n) is 1.84. The average molecular weight is 185 g/mol. The molecule has 2 nitrogen and oxygen atoms in total. The fraction of sp³-hybridized carbons (Fsp3) is 0.556. The van der Waals surface area contributed by atoms with Gasteiger partial charge >= 0.3 is 0 Å². The van der Waals surface area contributed by atoms with Crippen LogP contribution >= 0.6 is 11.8 Å². The SMILES string of the molecule is CNC(CSC)Cc1ccoc1. The Bertz CT molecular complexity index is 198. The maximum absolute atomic E-state index is 5.00. The molecule has 0 amide bonds. The molecule has 3 heteroatoms. The summed E-state index contributed by atoms with van der Waals surface area (Å²) in [6.07, 6.45) is 6.71. The molecule has 0 spiro atoms. The van der Waals surface area contributed by atoms with Crippen LogP contribution in [0.3, 0.4) is 0 Å². The molecule has 1 heterocycles. The van der Waals surface area contributed by atoms with Crippen LogP contribution < -0.4 is 5.32 Å². The molecule has 1 rings (SSSR count). The first-order valence-corrected chi connectivity index (χ1v) is 5.43. The Hall–Kier alpha value is -0.410. The van der Waals surface area contributed by atoms with Gasteiger partial charge in [-0.1, -0.05) is 0 Å². The van der Waals surface area contributed by atoms with Crippen molar-refractivity contribution in [3.63, 3.8) is 0 Å². The van der Waals surface area contributed by atoms with E-state index in [2.05, 4.69) is 11.6 Å². The molecular weight excluding hydrogens is 170 g/mol. The van der Waals surface area contributed by atoms with E-state index in [4.69, 9.17) is 4.42 Å². The summed E-state index contributed by atoms with van der Waals surface area (Å²) < 4.78 is 5.00. The minimum atomic E-state index is 0.553. The van der Waals surface area contributed by atoms with Crippen molar-refractivity contribution in [2.75, 3.05) is 19.1 Å². The van der Waals surface area contributed by atoms with E-state index in [9.17, 15) is 0 Å². The van der Waals surface area contributed by atoms with Crippen LogP contribution in [0, 0.1) is 0 Å². The van der Waals surface area contributed by atoms with Gasteiger partial charge in [-0.25, -0.2) is 0 Å². The molecular formula is C9H15NOS. The number of hydrogen-bond donors (Lipinski definition) is 1. The number of likely N-dealkylation sites (N-methyl/N-ethyl adjacent to an activating group) is 1. The molecule has 0 aliphatic carbocycles. The molecule has 1 atom stereocenters. The van der Waals surface area contributed by atoms with E-state index in [1.54, 1.807) is 6.26 Å². The van der Waals surface area contributed by atoms with Crippen molar-refractivity contribution in [3.8, 4) is 0 Å². The quantitative estimate of drug-likeness (QED) is 0.757. The van der Waals surface area contributed by atoms with Gasteiger partial charge in [-0.05, 0) is 31.4 Å². The van der Waals surface area contributed by atoms with Crippen molar-refractivity contribution in [1.29, 1.82) is 0 Å². The fourth-order valence-corrected chi connectivity index (χ4v) is 1.83. The highest BCUT2D eigenvalue weighted by molar-refractivity contribution is 7.98. The lowest BCUT2D eigenvalue weighted by Crippen LogP contribution is -2.29. The Morgan fingerprint density at radius 2 is 2.50 bits per heavy atom. The van der Waals surface area contributed by atoms with Crippen LogP contribution in [0.5, 0.6) is 0 Å². The second-order valence-corrected chi connectivity index (χ2v) is 3.69. The molecule has 0 saturated carbocycles. The molecule has 0 aromatic carbocycles. The van der Waals surface area contributed by atoms with Crippen LogP contribution in [-0.4, -0.2) is 25.1 Å². The van der Waals surface area contributed by atoms with Crippen LogP contribution in [0.2, 0.25) is 0 Å². The lowest BCUT2D eigenvalue weighted by molar-refractivity contribution is 0.556. The zero-order chi connectivity index (χ0) is 8.81. The van der Waals surface area contributed by atoms with Crippen molar-refractivity contribution in [3.05, 3.63) is 24.2 Å². The molecule has 12 heavy (non-hydrogen) atoms. The molecule has 1 N–H and O–H groups in total. The summed E-state index contributed by atoms with van der Waals surface area (Å²) in [5, 5.41) is 3.28. The molecule has 0 radical (unpaired) electrons. The predicted molar refractivity (Wildman–Crippen MR) is 53.6 cm³/mol. The molecule has 68 valence electrons.